The number of benzene rings is 2. The van der Waals surface area contributed by atoms with Crippen molar-refractivity contribution >= 4 is 20.9 Å². The van der Waals surface area contributed by atoms with Crippen molar-refractivity contribution in [3.05, 3.63) is 36.4 Å². The molecule has 0 unspecified atom stereocenters. The summed E-state index contributed by atoms with van der Waals surface area (Å²) in [6.07, 6.45) is 8.07. The van der Waals surface area contributed by atoms with Gasteiger partial charge in [0.15, 0.2) is 0 Å². The molecular weight excluding hydrogens is 347 g/mol. The largest absolute Gasteiger partial charge is 1.00 e. The summed E-state index contributed by atoms with van der Waals surface area (Å²) >= 11 is 0. The SMILES string of the molecule is CCCCCCCCCOc1ccc2ccccc2c1S(=O)(=O)[O-].[Na+]. The zero-order valence-electron chi connectivity index (χ0n) is 15.2. The molecule has 0 fully saturated rings. The summed E-state index contributed by atoms with van der Waals surface area (Å²) in [5.41, 5.74) is 0. The van der Waals surface area contributed by atoms with Crippen LogP contribution in [-0.2, 0) is 10.1 Å². The van der Waals surface area contributed by atoms with Gasteiger partial charge in [0.2, 0.25) is 0 Å². The minimum absolute atomic E-state index is 0. The number of hydrogen-bond acceptors (Lipinski definition) is 4. The Labute approximate surface area is 173 Å². The van der Waals surface area contributed by atoms with Crippen LogP contribution in [0.4, 0.5) is 0 Å². The fourth-order valence-electron chi connectivity index (χ4n) is 2.84. The average molecular weight is 372 g/mol. The Bertz CT molecular complexity index is 759. The van der Waals surface area contributed by atoms with E-state index in [0.717, 1.165) is 24.6 Å². The minimum Gasteiger partial charge on any atom is -0.744 e. The number of unbranched alkanes of at least 4 members (excludes halogenated alkanes) is 6. The fraction of sp³-hybridized carbons (Fsp3) is 0.474. The van der Waals surface area contributed by atoms with Crippen LogP contribution < -0.4 is 34.3 Å². The Hall–Kier alpha value is -0.590. The third-order valence-corrected chi connectivity index (χ3v) is 5.02. The van der Waals surface area contributed by atoms with Gasteiger partial charge in [-0.1, -0.05) is 75.8 Å². The van der Waals surface area contributed by atoms with Gasteiger partial charge in [0.1, 0.15) is 20.8 Å². The van der Waals surface area contributed by atoms with Crippen LogP contribution in [0.5, 0.6) is 5.75 Å². The van der Waals surface area contributed by atoms with Gasteiger partial charge >= 0.3 is 29.6 Å². The maximum Gasteiger partial charge on any atom is 1.00 e. The summed E-state index contributed by atoms with van der Waals surface area (Å²) in [6, 6.07) is 10.3. The first-order chi connectivity index (χ1) is 11.5. The van der Waals surface area contributed by atoms with Crippen molar-refractivity contribution in [1.29, 1.82) is 0 Å². The van der Waals surface area contributed by atoms with Gasteiger partial charge < -0.3 is 9.29 Å². The van der Waals surface area contributed by atoms with Crippen molar-refractivity contribution in [3.8, 4) is 5.75 Å². The fourth-order valence-corrected chi connectivity index (χ4v) is 3.66. The molecule has 0 saturated carbocycles. The predicted octanol–water partition coefficient (Wildman–Crippen LogP) is 1.88. The zero-order valence-corrected chi connectivity index (χ0v) is 18.0. The van der Waals surface area contributed by atoms with E-state index in [9.17, 15) is 13.0 Å². The molecule has 0 bridgehead atoms. The summed E-state index contributed by atoms with van der Waals surface area (Å²) < 4.78 is 40.6. The molecule has 0 aliphatic heterocycles. The summed E-state index contributed by atoms with van der Waals surface area (Å²) in [6.45, 7) is 2.62. The zero-order chi connectivity index (χ0) is 17.4. The Morgan fingerprint density at radius 2 is 1.56 bits per heavy atom. The third-order valence-electron chi connectivity index (χ3n) is 4.10. The molecule has 132 valence electrons. The van der Waals surface area contributed by atoms with E-state index in [4.69, 9.17) is 4.74 Å². The Kier molecular flexibility index (Phi) is 10.1. The van der Waals surface area contributed by atoms with Crippen LogP contribution >= 0.6 is 0 Å². The first-order valence-electron chi connectivity index (χ1n) is 8.64. The van der Waals surface area contributed by atoms with E-state index in [2.05, 4.69) is 6.92 Å². The Morgan fingerprint density at radius 3 is 2.24 bits per heavy atom. The van der Waals surface area contributed by atoms with E-state index < -0.39 is 10.1 Å². The van der Waals surface area contributed by atoms with Gasteiger partial charge in [0.25, 0.3) is 0 Å². The van der Waals surface area contributed by atoms with Crippen LogP contribution in [0.2, 0.25) is 0 Å². The third kappa shape index (κ3) is 6.91. The van der Waals surface area contributed by atoms with Crippen LogP contribution in [0.1, 0.15) is 51.9 Å². The van der Waals surface area contributed by atoms with E-state index >= 15 is 0 Å². The molecule has 2 rings (SSSR count). The summed E-state index contributed by atoms with van der Waals surface area (Å²) in [7, 11) is -4.59. The van der Waals surface area contributed by atoms with Gasteiger partial charge in [-0.05, 0) is 17.9 Å². The maximum atomic E-state index is 11.7. The number of fused-ring (bicyclic) bond motifs is 1. The summed E-state index contributed by atoms with van der Waals surface area (Å²) in [5.74, 6) is 0.162. The topological polar surface area (TPSA) is 66.4 Å². The molecule has 0 saturated heterocycles. The molecule has 0 aromatic heterocycles. The standard InChI is InChI=1S/C19H26O4S.Na/c1-2-3-4-5-6-7-10-15-23-18-14-13-16-11-8-9-12-17(16)19(18)24(20,21)22;/h8-9,11-14H,2-7,10,15H2,1H3,(H,20,21,22);/q;+1/p-1. The van der Waals surface area contributed by atoms with Gasteiger partial charge in [-0.25, -0.2) is 8.42 Å². The molecule has 4 nitrogen and oxygen atoms in total. The molecule has 0 spiro atoms. The van der Waals surface area contributed by atoms with Crippen LogP contribution in [-0.4, -0.2) is 19.6 Å². The van der Waals surface area contributed by atoms with E-state index in [1.54, 1.807) is 30.3 Å². The molecule has 0 aliphatic carbocycles. The predicted molar refractivity (Wildman–Crippen MR) is 95.4 cm³/mol. The van der Waals surface area contributed by atoms with E-state index in [1.807, 2.05) is 6.07 Å². The van der Waals surface area contributed by atoms with E-state index in [1.165, 1.54) is 25.7 Å². The number of hydrogen-bond donors (Lipinski definition) is 0. The quantitative estimate of drug-likeness (QED) is 0.363. The van der Waals surface area contributed by atoms with Crippen molar-refractivity contribution in [2.45, 2.75) is 56.8 Å². The van der Waals surface area contributed by atoms with Crippen molar-refractivity contribution < 1.29 is 47.3 Å². The van der Waals surface area contributed by atoms with Crippen molar-refractivity contribution in [2.24, 2.45) is 0 Å². The van der Waals surface area contributed by atoms with Crippen LogP contribution in [0, 0.1) is 0 Å². The van der Waals surface area contributed by atoms with Crippen LogP contribution in [0.3, 0.4) is 0 Å². The molecule has 25 heavy (non-hydrogen) atoms. The van der Waals surface area contributed by atoms with E-state index in [0.29, 0.717) is 12.0 Å². The average Bonchev–Trinajstić information content (AvgIpc) is 2.55. The van der Waals surface area contributed by atoms with Gasteiger partial charge in [-0.15, -0.1) is 0 Å². The van der Waals surface area contributed by atoms with Crippen molar-refractivity contribution in [2.75, 3.05) is 6.61 Å². The molecule has 2 aromatic carbocycles. The van der Waals surface area contributed by atoms with Crippen LogP contribution in [0.25, 0.3) is 10.8 Å². The first-order valence-corrected chi connectivity index (χ1v) is 10.1. The summed E-state index contributed by atoms with van der Waals surface area (Å²) in [4.78, 5) is -0.247. The molecule has 2 aromatic rings. The van der Waals surface area contributed by atoms with Gasteiger partial charge in [-0.2, -0.15) is 0 Å². The van der Waals surface area contributed by atoms with Gasteiger partial charge in [0, 0.05) is 5.39 Å². The number of rotatable bonds is 10. The second kappa shape index (κ2) is 11.2. The minimum atomic E-state index is -4.59. The monoisotopic (exact) mass is 372 g/mol. The normalized spacial score (nSPS) is 11.3. The molecule has 6 heteroatoms. The number of ether oxygens (including phenoxy) is 1. The molecule has 0 N–H and O–H groups in total. The molecule has 0 amide bonds. The van der Waals surface area contributed by atoms with Crippen molar-refractivity contribution in [3.63, 3.8) is 0 Å². The smallest absolute Gasteiger partial charge is 0.744 e. The van der Waals surface area contributed by atoms with Gasteiger partial charge in [-0.3, -0.25) is 0 Å². The van der Waals surface area contributed by atoms with Crippen LogP contribution in [0.15, 0.2) is 41.3 Å². The van der Waals surface area contributed by atoms with Crippen molar-refractivity contribution in [1.82, 2.24) is 0 Å². The maximum absolute atomic E-state index is 11.7. The van der Waals surface area contributed by atoms with E-state index in [-0.39, 0.29) is 40.2 Å². The molecule has 0 heterocycles. The summed E-state index contributed by atoms with van der Waals surface area (Å²) in [5, 5.41) is 1.14. The molecule has 0 aliphatic rings. The second-order valence-electron chi connectivity index (χ2n) is 6.04. The molecule has 0 radical (unpaired) electrons. The Morgan fingerprint density at radius 1 is 0.920 bits per heavy atom. The first kappa shape index (κ1) is 22.5. The second-order valence-corrected chi connectivity index (χ2v) is 7.35. The Balaban J connectivity index is 0.00000312. The van der Waals surface area contributed by atoms with Gasteiger partial charge in [0.05, 0.1) is 6.61 Å². The molecule has 0 atom stereocenters. The molecular formula is C19H25NaO4S.